The van der Waals surface area contributed by atoms with Crippen LogP contribution in [0.4, 0.5) is 8.78 Å². The molecule has 3 rings (SSSR count). The first-order chi connectivity index (χ1) is 11.9. The van der Waals surface area contributed by atoms with E-state index in [0.29, 0.717) is 5.56 Å². The number of rotatable bonds is 4. The molecule has 0 heterocycles. The minimum Gasteiger partial charge on any atom is -0.506 e. The second kappa shape index (κ2) is 7.27. The molecular formula is C18H16ClF2NO3. The van der Waals surface area contributed by atoms with E-state index >= 15 is 0 Å². The van der Waals surface area contributed by atoms with Crippen LogP contribution in [0.15, 0.2) is 36.4 Å². The molecule has 1 amide bonds. The number of benzene rings is 2. The maximum absolute atomic E-state index is 12.4. The molecule has 0 saturated heterocycles. The third-order valence-corrected chi connectivity index (χ3v) is 4.47. The molecule has 2 N–H and O–H groups in total. The highest BCUT2D eigenvalue weighted by Gasteiger charge is 2.23. The number of hydrogen-bond donors (Lipinski definition) is 2. The molecule has 1 aliphatic carbocycles. The van der Waals surface area contributed by atoms with Crippen molar-refractivity contribution in [2.75, 3.05) is 0 Å². The lowest BCUT2D eigenvalue weighted by Crippen LogP contribution is -2.31. The van der Waals surface area contributed by atoms with Crippen molar-refractivity contribution >= 4 is 17.5 Å². The van der Waals surface area contributed by atoms with Gasteiger partial charge in [0.05, 0.1) is 11.1 Å². The first-order valence-electron chi connectivity index (χ1n) is 7.81. The molecule has 0 saturated carbocycles. The van der Waals surface area contributed by atoms with Crippen LogP contribution in [0.1, 0.15) is 40.4 Å². The van der Waals surface area contributed by atoms with Gasteiger partial charge in [0.1, 0.15) is 11.5 Å². The molecule has 0 bridgehead atoms. The Morgan fingerprint density at radius 2 is 2.08 bits per heavy atom. The summed E-state index contributed by atoms with van der Waals surface area (Å²) in [5, 5.41) is 12.5. The molecule has 25 heavy (non-hydrogen) atoms. The van der Waals surface area contributed by atoms with Gasteiger partial charge in [-0.3, -0.25) is 4.79 Å². The van der Waals surface area contributed by atoms with Crippen LogP contribution in [0.2, 0.25) is 5.02 Å². The Bertz CT molecular complexity index is 798. The lowest BCUT2D eigenvalue weighted by atomic mass is 9.87. The van der Waals surface area contributed by atoms with Gasteiger partial charge in [0.2, 0.25) is 0 Å². The fourth-order valence-corrected chi connectivity index (χ4v) is 3.19. The summed E-state index contributed by atoms with van der Waals surface area (Å²) in [5.74, 6) is -0.286. The number of carbonyl (C=O) groups is 1. The van der Waals surface area contributed by atoms with Gasteiger partial charge in [0.25, 0.3) is 5.91 Å². The van der Waals surface area contributed by atoms with Crippen molar-refractivity contribution in [1.82, 2.24) is 5.32 Å². The molecule has 0 spiro atoms. The fraction of sp³-hybridized carbons (Fsp3) is 0.278. The largest absolute Gasteiger partial charge is 0.506 e. The summed E-state index contributed by atoms with van der Waals surface area (Å²) in [6, 6.07) is 8.81. The van der Waals surface area contributed by atoms with E-state index < -0.39 is 6.61 Å². The quantitative estimate of drug-likeness (QED) is 0.839. The van der Waals surface area contributed by atoms with Crippen LogP contribution in [-0.2, 0) is 6.42 Å². The Morgan fingerprint density at radius 1 is 1.28 bits per heavy atom. The number of carbonyl (C=O) groups excluding carboxylic acids is 1. The van der Waals surface area contributed by atoms with Gasteiger partial charge in [-0.25, -0.2) is 0 Å². The normalized spacial score (nSPS) is 16.4. The van der Waals surface area contributed by atoms with E-state index in [1.807, 2.05) is 0 Å². The van der Waals surface area contributed by atoms with Crippen molar-refractivity contribution < 1.29 is 23.4 Å². The predicted octanol–water partition coefficient (Wildman–Crippen LogP) is 4.45. The Balaban J connectivity index is 1.78. The van der Waals surface area contributed by atoms with Crippen LogP contribution in [0, 0.1) is 0 Å². The fourth-order valence-electron chi connectivity index (χ4n) is 3.01. The van der Waals surface area contributed by atoms with Crippen LogP contribution in [0.3, 0.4) is 0 Å². The lowest BCUT2D eigenvalue weighted by molar-refractivity contribution is -0.0499. The van der Waals surface area contributed by atoms with E-state index in [9.17, 15) is 18.7 Å². The first-order valence-corrected chi connectivity index (χ1v) is 8.19. The number of nitrogens with one attached hydrogen (secondary N) is 1. The van der Waals surface area contributed by atoms with Gasteiger partial charge in [-0.15, -0.1) is 0 Å². The molecule has 0 aliphatic heterocycles. The van der Waals surface area contributed by atoms with Gasteiger partial charge in [0, 0.05) is 5.56 Å². The average Bonchev–Trinajstić information content (AvgIpc) is 2.56. The molecule has 2 aromatic rings. The summed E-state index contributed by atoms with van der Waals surface area (Å²) in [4.78, 5) is 12.4. The molecule has 0 radical (unpaired) electrons. The second-order valence-electron chi connectivity index (χ2n) is 5.82. The zero-order chi connectivity index (χ0) is 18.0. The Labute approximate surface area is 148 Å². The molecule has 0 fully saturated rings. The third-order valence-electron chi connectivity index (χ3n) is 4.17. The maximum atomic E-state index is 12.4. The highest BCUT2D eigenvalue weighted by molar-refractivity contribution is 6.32. The number of aromatic hydroxyl groups is 1. The minimum absolute atomic E-state index is 0.0900. The topological polar surface area (TPSA) is 58.6 Å². The molecule has 4 nitrogen and oxygen atoms in total. The molecule has 2 aromatic carbocycles. The Hall–Kier alpha value is -2.34. The molecular weight excluding hydrogens is 352 g/mol. The zero-order valence-electron chi connectivity index (χ0n) is 13.1. The summed E-state index contributed by atoms with van der Waals surface area (Å²) in [6.45, 7) is -2.86. The minimum atomic E-state index is -2.86. The zero-order valence-corrected chi connectivity index (χ0v) is 13.9. The van der Waals surface area contributed by atoms with Crippen molar-refractivity contribution in [2.45, 2.75) is 31.9 Å². The van der Waals surface area contributed by atoms with Gasteiger partial charge < -0.3 is 15.2 Å². The van der Waals surface area contributed by atoms with Crippen LogP contribution in [0.5, 0.6) is 11.5 Å². The molecule has 0 unspecified atom stereocenters. The number of phenolic OH excluding ortho intramolecular Hbond substituents is 1. The van der Waals surface area contributed by atoms with Crippen molar-refractivity contribution in [3.63, 3.8) is 0 Å². The number of ether oxygens (including phenoxy) is 1. The summed E-state index contributed by atoms with van der Waals surface area (Å²) in [5.41, 5.74) is 2.12. The van der Waals surface area contributed by atoms with E-state index in [1.165, 1.54) is 24.3 Å². The number of amides is 1. The number of fused-ring (bicyclic) bond motifs is 1. The van der Waals surface area contributed by atoms with Crippen molar-refractivity contribution in [3.05, 3.63) is 58.1 Å². The van der Waals surface area contributed by atoms with E-state index in [0.717, 1.165) is 30.4 Å². The molecule has 132 valence electrons. The predicted molar refractivity (Wildman–Crippen MR) is 89.3 cm³/mol. The smallest absolute Gasteiger partial charge is 0.387 e. The standard InChI is InChI=1S/C18H16ClF2NO3/c19-14-9-11(4-7-16(14)23)17(24)22-15-3-1-2-10-8-12(25-18(20)21)5-6-13(10)15/h4-9,15,18,23H,1-3H2,(H,22,24)/t15-/m1/s1. The highest BCUT2D eigenvalue weighted by atomic mass is 35.5. The second-order valence-corrected chi connectivity index (χ2v) is 6.23. The number of hydrogen-bond acceptors (Lipinski definition) is 3. The van der Waals surface area contributed by atoms with Crippen LogP contribution in [-0.4, -0.2) is 17.6 Å². The van der Waals surface area contributed by atoms with Crippen LogP contribution >= 0.6 is 11.6 Å². The number of halogens is 3. The van der Waals surface area contributed by atoms with Crippen molar-refractivity contribution in [3.8, 4) is 11.5 Å². The lowest BCUT2D eigenvalue weighted by Gasteiger charge is -2.27. The van der Waals surface area contributed by atoms with Gasteiger partial charge in [-0.2, -0.15) is 8.78 Å². The average molecular weight is 368 g/mol. The SMILES string of the molecule is O=C(N[C@@H]1CCCc2cc(OC(F)F)ccc21)c1ccc(O)c(Cl)c1. The van der Waals surface area contributed by atoms with Crippen LogP contribution < -0.4 is 10.1 Å². The third kappa shape index (κ3) is 4.02. The summed E-state index contributed by atoms with van der Waals surface area (Å²) in [6.07, 6.45) is 2.32. The molecule has 0 aromatic heterocycles. The van der Waals surface area contributed by atoms with Gasteiger partial charge in [0.15, 0.2) is 0 Å². The monoisotopic (exact) mass is 367 g/mol. The van der Waals surface area contributed by atoms with Crippen molar-refractivity contribution in [1.29, 1.82) is 0 Å². The van der Waals surface area contributed by atoms with E-state index in [1.54, 1.807) is 12.1 Å². The maximum Gasteiger partial charge on any atom is 0.387 e. The van der Waals surface area contributed by atoms with Gasteiger partial charge in [-0.05, 0) is 60.7 Å². The summed E-state index contributed by atoms with van der Waals surface area (Å²) >= 11 is 5.84. The summed E-state index contributed by atoms with van der Waals surface area (Å²) in [7, 11) is 0. The molecule has 1 atom stereocenters. The van der Waals surface area contributed by atoms with E-state index in [-0.39, 0.29) is 28.5 Å². The Morgan fingerprint density at radius 3 is 2.80 bits per heavy atom. The number of aryl methyl sites for hydroxylation is 1. The molecule has 1 aliphatic rings. The molecule has 7 heteroatoms. The first kappa shape index (κ1) is 17.5. The highest BCUT2D eigenvalue weighted by Crippen LogP contribution is 2.33. The van der Waals surface area contributed by atoms with E-state index in [4.69, 9.17) is 11.6 Å². The van der Waals surface area contributed by atoms with Gasteiger partial charge >= 0.3 is 6.61 Å². The van der Waals surface area contributed by atoms with Crippen LogP contribution in [0.25, 0.3) is 0 Å². The Kier molecular flexibility index (Phi) is 5.08. The van der Waals surface area contributed by atoms with E-state index in [2.05, 4.69) is 10.1 Å². The number of alkyl halides is 2. The van der Waals surface area contributed by atoms with Gasteiger partial charge in [-0.1, -0.05) is 17.7 Å². The number of phenols is 1. The van der Waals surface area contributed by atoms with Crippen molar-refractivity contribution in [2.24, 2.45) is 0 Å². The summed E-state index contributed by atoms with van der Waals surface area (Å²) < 4.78 is 29.1.